The topological polar surface area (TPSA) is 37.3 Å². The van der Waals surface area contributed by atoms with Crippen LogP contribution in [0.5, 0.6) is 0 Å². The van der Waals surface area contributed by atoms with Gasteiger partial charge in [-0.25, -0.2) is 0 Å². The third-order valence-electron chi connectivity index (χ3n) is 2.32. The Morgan fingerprint density at radius 3 is 2.77 bits per heavy atom. The zero-order valence-electron chi connectivity index (χ0n) is 8.28. The van der Waals surface area contributed by atoms with Crippen LogP contribution in [0.2, 0.25) is 0 Å². The van der Waals surface area contributed by atoms with Gasteiger partial charge in [0.25, 0.3) is 0 Å². The maximum Gasteiger partial charge on any atom is 0.0933 e. The Bertz CT molecular complexity index is 194. The molecule has 0 amide bonds. The first-order chi connectivity index (χ1) is 6.10. The molecule has 0 unspecified atom stereocenters. The Morgan fingerprint density at radius 1 is 1.69 bits per heavy atom. The van der Waals surface area contributed by atoms with Gasteiger partial charge in [0, 0.05) is 16.6 Å². The molecule has 1 rings (SSSR count). The number of hydrogen-bond donors (Lipinski definition) is 1. The van der Waals surface area contributed by atoms with Crippen molar-refractivity contribution in [2.75, 3.05) is 11.5 Å². The van der Waals surface area contributed by atoms with Crippen LogP contribution in [0.15, 0.2) is 0 Å². The molecule has 1 heterocycles. The Hall–Kier alpha value is 0.460. The summed E-state index contributed by atoms with van der Waals surface area (Å²) in [5, 5.41) is 9.37. The molecule has 0 bridgehead atoms. The molecule has 1 saturated heterocycles. The van der Waals surface area contributed by atoms with Crippen LogP contribution in [0, 0.1) is 0 Å². The number of thioether (sulfide) groups is 1. The third kappa shape index (κ3) is 2.70. The average molecular weight is 222 g/mol. The average Bonchev–Trinajstić information content (AvgIpc) is 2.32. The summed E-state index contributed by atoms with van der Waals surface area (Å²) < 4.78 is 11.7. The highest BCUT2D eigenvalue weighted by atomic mass is 32.2. The molecular formula is C9H18O2S2. The van der Waals surface area contributed by atoms with Crippen LogP contribution in [0.4, 0.5) is 0 Å². The van der Waals surface area contributed by atoms with E-state index in [1.54, 1.807) is 18.7 Å². The predicted octanol–water partition coefficient (Wildman–Crippen LogP) is 1.75. The molecule has 0 aromatic heterocycles. The normalized spacial score (nSPS) is 36.4. The van der Waals surface area contributed by atoms with Gasteiger partial charge in [0.05, 0.1) is 10.2 Å². The van der Waals surface area contributed by atoms with Crippen LogP contribution >= 0.6 is 11.8 Å². The summed E-state index contributed by atoms with van der Waals surface area (Å²) in [6.07, 6.45) is 2.40. The first kappa shape index (κ1) is 11.5. The van der Waals surface area contributed by atoms with Crippen molar-refractivity contribution in [3.8, 4) is 0 Å². The van der Waals surface area contributed by atoms with E-state index in [0.717, 1.165) is 24.3 Å². The molecule has 0 aromatic carbocycles. The quantitative estimate of drug-likeness (QED) is 0.787. The van der Waals surface area contributed by atoms with Crippen molar-refractivity contribution >= 4 is 22.6 Å². The van der Waals surface area contributed by atoms with Crippen molar-refractivity contribution in [2.24, 2.45) is 0 Å². The summed E-state index contributed by atoms with van der Waals surface area (Å²) in [6.45, 7) is 3.87. The minimum Gasteiger partial charge on any atom is -0.393 e. The first-order valence-corrected chi connectivity index (χ1v) is 7.11. The maximum absolute atomic E-state index is 11.8. The van der Waals surface area contributed by atoms with Crippen molar-refractivity contribution in [3.63, 3.8) is 0 Å². The molecule has 2 nitrogen and oxygen atoms in total. The molecule has 1 N–H and O–H groups in total. The zero-order valence-corrected chi connectivity index (χ0v) is 9.92. The van der Waals surface area contributed by atoms with Crippen molar-refractivity contribution in [2.45, 2.75) is 43.3 Å². The summed E-state index contributed by atoms with van der Waals surface area (Å²) in [5.74, 6) is 1.80. The minimum atomic E-state index is -0.737. The minimum absolute atomic E-state index is 0.136. The van der Waals surface area contributed by atoms with Crippen LogP contribution in [0.1, 0.15) is 33.1 Å². The molecule has 0 aromatic rings. The zero-order chi connectivity index (χ0) is 9.90. The first-order valence-electron chi connectivity index (χ1n) is 4.81. The fraction of sp³-hybridized carbons (Fsp3) is 1.00. The number of aliphatic hydroxyl groups excluding tert-OH is 1. The molecule has 78 valence electrons. The van der Waals surface area contributed by atoms with Crippen LogP contribution < -0.4 is 0 Å². The molecule has 4 heteroatoms. The molecule has 0 spiro atoms. The van der Waals surface area contributed by atoms with E-state index in [0.29, 0.717) is 6.42 Å². The van der Waals surface area contributed by atoms with Gasteiger partial charge in [0.1, 0.15) is 0 Å². The smallest absolute Gasteiger partial charge is 0.0933 e. The highest BCUT2D eigenvalue weighted by molar-refractivity contribution is 8.12. The van der Waals surface area contributed by atoms with E-state index < -0.39 is 10.8 Å². The lowest BCUT2D eigenvalue weighted by Gasteiger charge is -2.27. The van der Waals surface area contributed by atoms with E-state index >= 15 is 0 Å². The Kier molecular flexibility index (Phi) is 4.26. The van der Waals surface area contributed by atoms with Gasteiger partial charge in [-0.3, -0.25) is 4.21 Å². The van der Waals surface area contributed by atoms with E-state index in [-0.39, 0.29) is 10.2 Å². The van der Waals surface area contributed by atoms with Crippen molar-refractivity contribution in [1.82, 2.24) is 0 Å². The van der Waals surface area contributed by atoms with Gasteiger partial charge in [-0.1, -0.05) is 6.92 Å². The molecular weight excluding hydrogens is 204 g/mol. The Labute approximate surface area is 86.9 Å². The highest BCUT2D eigenvalue weighted by Gasteiger charge is 2.41. The molecule has 1 aliphatic heterocycles. The van der Waals surface area contributed by atoms with Gasteiger partial charge >= 0.3 is 0 Å². The van der Waals surface area contributed by atoms with Gasteiger partial charge in [0.2, 0.25) is 0 Å². The molecule has 0 saturated carbocycles. The summed E-state index contributed by atoms with van der Waals surface area (Å²) >= 11 is 1.76. The molecule has 3 atom stereocenters. The molecule has 13 heavy (non-hydrogen) atoms. The second-order valence-corrected chi connectivity index (χ2v) is 7.34. The van der Waals surface area contributed by atoms with Crippen LogP contribution in [-0.2, 0) is 10.8 Å². The third-order valence-corrected chi connectivity index (χ3v) is 6.27. The van der Waals surface area contributed by atoms with E-state index in [1.807, 2.05) is 0 Å². The van der Waals surface area contributed by atoms with Gasteiger partial charge in [-0.05, 0) is 31.9 Å². The van der Waals surface area contributed by atoms with E-state index in [2.05, 4.69) is 6.92 Å². The molecule has 0 aliphatic carbocycles. The summed E-state index contributed by atoms with van der Waals surface area (Å²) in [7, 11) is -0.737. The second kappa shape index (κ2) is 4.80. The standard InChI is InChI=1S/C9H18O2S2/c1-3-12-9(7-8(2)10)5-4-6-13(9)11/h8,10H,3-7H2,1-2H3/t8-,9+,13-/m1/s1. The van der Waals surface area contributed by atoms with Crippen molar-refractivity contribution in [3.05, 3.63) is 0 Å². The fourth-order valence-corrected chi connectivity index (χ4v) is 5.76. The lowest BCUT2D eigenvalue weighted by Crippen LogP contribution is -2.30. The van der Waals surface area contributed by atoms with Gasteiger partial charge in [0.15, 0.2) is 0 Å². The van der Waals surface area contributed by atoms with Gasteiger partial charge in [-0.2, -0.15) is 0 Å². The lowest BCUT2D eigenvalue weighted by atomic mass is 10.1. The second-order valence-electron chi connectivity index (χ2n) is 3.55. The van der Waals surface area contributed by atoms with Crippen LogP contribution in [0.3, 0.4) is 0 Å². The molecule has 1 aliphatic rings. The van der Waals surface area contributed by atoms with Gasteiger partial charge < -0.3 is 5.11 Å². The Balaban J connectivity index is 2.68. The maximum atomic E-state index is 11.8. The Morgan fingerprint density at radius 2 is 2.38 bits per heavy atom. The number of hydrogen-bond acceptors (Lipinski definition) is 3. The summed E-state index contributed by atoms with van der Waals surface area (Å²) in [4.78, 5) is 0. The summed E-state index contributed by atoms with van der Waals surface area (Å²) in [5.41, 5.74) is 0. The molecule has 1 fully saturated rings. The van der Waals surface area contributed by atoms with Crippen LogP contribution in [0.25, 0.3) is 0 Å². The SMILES string of the molecule is CCS[C@@]1(C[C@@H](C)O)CCC[S@]1=O. The molecule has 0 radical (unpaired) electrons. The lowest BCUT2D eigenvalue weighted by molar-refractivity contribution is 0.179. The largest absolute Gasteiger partial charge is 0.393 e. The van der Waals surface area contributed by atoms with Crippen LogP contribution in [-0.4, -0.2) is 31.0 Å². The number of rotatable bonds is 4. The van der Waals surface area contributed by atoms with E-state index in [4.69, 9.17) is 0 Å². The number of aliphatic hydroxyl groups is 1. The highest BCUT2D eigenvalue weighted by Crippen LogP contribution is 2.42. The van der Waals surface area contributed by atoms with Crippen molar-refractivity contribution < 1.29 is 9.32 Å². The van der Waals surface area contributed by atoms with E-state index in [1.165, 1.54) is 0 Å². The summed E-state index contributed by atoms with van der Waals surface area (Å²) in [6, 6.07) is 0. The van der Waals surface area contributed by atoms with Crippen molar-refractivity contribution in [1.29, 1.82) is 0 Å². The van der Waals surface area contributed by atoms with E-state index in [9.17, 15) is 9.32 Å². The monoisotopic (exact) mass is 222 g/mol. The predicted molar refractivity (Wildman–Crippen MR) is 59.4 cm³/mol. The fourth-order valence-electron chi connectivity index (χ4n) is 1.88. The van der Waals surface area contributed by atoms with Gasteiger partial charge in [-0.15, -0.1) is 11.8 Å².